The summed E-state index contributed by atoms with van der Waals surface area (Å²) in [6, 6.07) is -0.0417. The summed E-state index contributed by atoms with van der Waals surface area (Å²) in [5.41, 5.74) is 0. The molecule has 0 aromatic carbocycles. The molecule has 0 radical (unpaired) electrons. The predicted octanol–water partition coefficient (Wildman–Crippen LogP) is 0.0721. The Morgan fingerprint density at radius 1 is 1.37 bits per heavy atom. The van der Waals surface area contributed by atoms with Crippen LogP contribution in [-0.2, 0) is 14.9 Å². The van der Waals surface area contributed by atoms with Gasteiger partial charge in [0.25, 0.3) is 10.2 Å². The summed E-state index contributed by atoms with van der Waals surface area (Å²) < 4.78 is 34.2. The minimum Gasteiger partial charge on any atom is -0.373 e. The van der Waals surface area contributed by atoms with Gasteiger partial charge in [0.15, 0.2) is 0 Å². The van der Waals surface area contributed by atoms with Gasteiger partial charge < -0.3 is 10.1 Å². The van der Waals surface area contributed by atoms with Crippen LogP contribution in [0, 0.1) is 0 Å². The van der Waals surface area contributed by atoms with E-state index in [0.29, 0.717) is 6.54 Å². The number of rotatable bonds is 8. The second kappa shape index (κ2) is 6.49. The third-order valence-corrected chi connectivity index (χ3v) is 5.50. The summed E-state index contributed by atoms with van der Waals surface area (Å²) in [6.07, 6.45) is 4.02. The average molecular weight is 291 g/mol. The highest BCUT2D eigenvalue weighted by molar-refractivity contribution is 7.87. The highest BCUT2D eigenvalue weighted by Gasteiger charge is 2.42. The molecule has 7 heteroatoms. The second-order valence-electron chi connectivity index (χ2n) is 5.37. The fraction of sp³-hybridized carbons (Fsp3) is 1.00. The van der Waals surface area contributed by atoms with Gasteiger partial charge in [-0.2, -0.15) is 17.4 Å². The summed E-state index contributed by atoms with van der Waals surface area (Å²) in [5, 5.41) is 3.19. The van der Waals surface area contributed by atoms with Crippen LogP contribution < -0.4 is 10.0 Å². The third-order valence-electron chi connectivity index (χ3n) is 3.89. The first-order chi connectivity index (χ1) is 9.03. The van der Waals surface area contributed by atoms with Crippen molar-refractivity contribution in [3.05, 3.63) is 0 Å². The van der Waals surface area contributed by atoms with Gasteiger partial charge in [0, 0.05) is 13.6 Å². The molecule has 0 aliphatic carbocycles. The van der Waals surface area contributed by atoms with Crippen molar-refractivity contribution in [1.29, 1.82) is 0 Å². The van der Waals surface area contributed by atoms with Crippen molar-refractivity contribution in [2.75, 3.05) is 26.7 Å². The molecule has 0 saturated carbocycles. The van der Waals surface area contributed by atoms with Crippen LogP contribution in [-0.4, -0.2) is 57.7 Å². The van der Waals surface area contributed by atoms with E-state index in [2.05, 4.69) is 10.0 Å². The zero-order chi connectivity index (χ0) is 13.9. The third kappa shape index (κ3) is 3.88. The standard InChI is InChI=1S/C12H25N3O3S/c1-3-13-7-4-8-15(2)19(16,17)14-11-9-10-5-6-12(11)18-10/h10-14H,3-9H2,1-2H3. The van der Waals surface area contributed by atoms with Gasteiger partial charge in [-0.1, -0.05) is 6.92 Å². The molecule has 0 aromatic heterocycles. The lowest BCUT2D eigenvalue weighted by atomic mass is 9.96. The number of fused-ring (bicyclic) bond motifs is 2. The van der Waals surface area contributed by atoms with Crippen LogP contribution in [0.25, 0.3) is 0 Å². The van der Waals surface area contributed by atoms with Crippen molar-refractivity contribution in [1.82, 2.24) is 14.3 Å². The molecule has 3 unspecified atom stereocenters. The Balaban J connectivity index is 1.77. The van der Waals surface area contributed by atoms with Gasteiger partial charge in [0.1, 0.15) is 0 Å². The molecule has 2 saturated heterocycles. The lowest BCUT2D eigenvalue weighted by Crippen LogP contribution is -2.47. The normalized spacial score (nSPS) is 30.4. The van der Waals surface area contributed by atoms with E-state index in [-0.39, 0.29) is 18.2 Å². The zero-order valence-corrected chi connectivity index (χ0v) is 12.6. The molecule has 2 rings (SSSR count). The van der Waals surface area contributed by atoms with E-state index >= 15 is 0 Å². The first kappa shape index (κ1) is 15.2. The van der Waals surface area contributed by atoms with Gasteiger partial charge in [-0.3, -0.25) is 0 Å². The van der Waals surface area contributed by atoms with E-state index in [9.17, 15) is 8.42 Å². The molecule has 2 N–H and O–H groups in total. The quantitative estimate of drug-likeness (QED) is 0.621. The Bertz CT molecular complexity index is 388. The van der Waals surface area contributed by atoms with Gasteiger partial charge >= 0.3 is 0 Å². The number of hydrogen-bond acceptors (Lipinski definition) is 4. The molecule has 2 aliphatic rings. The van der Waals surface area contributed by atoms with Crippen molar-refractivity contribution in [2.45, 2.75) is 50.9 Å². The van der Waals surface area contributed by atoms with Gasteiger partial charge in [-0.25, -0.2) is 0 Å². The molecule has 6 nitrogen and oxygen atoms in total. The summed E-state index contributed by atoms with van der Waals surface area (Å²) in [7, 11) is -1.75. The van der Waals surface area contributed by atoms with Crippen molar-refractivity contribution in [3.63, 3.8) is 0 Å². The van der Waals surface area contributed by atoms with E-state index in [1.165, 1.54) is 4.31 Å². The average Bonchev–Trinajstić information content (AvgIpc) is 2.95. The molecule has 0 spiro atoms. The second-order valence-corrected chi connectivity index (χ2v) is 7.18. The maximum atomic E-state index is 12.2. The number of ether oxygens (including phenoxy) is 1. The zero-order valence-electron chi connectivity index (χ0n) is 11.8. The molecule has 2 bridgehead atoms. The molecular formula is C12H25N3O3S. The number of nitrogens with one attached hydrogen (secondary N) is 2. The minimum atomic E-state index is -3.38. The molecule has 2 aliphatic heterocycles. The van der Waals surface area contributed by atoms with E-state index < -0.39 is 10.2 Å². The van der Waals surface area contributed by atoms with Gasteiger partial charge in [0.2, 0.25) is 0 Å². The van der Waals surface area contributed by atoms with E-state index in [0.717, 1.165) is 38.8 Å². The maximum absolute atomic E-state index is 12.2. The fourth-order valence-corrected chi connectivity index (χ4v) is 3.95. The SMILES string of the molecule is CCNCCCN(C)S(=O)(=O)NC1CC2CCC1O2. The van der Waals surface area contributed by atoms with E-state index in [4.69, 9.17) is 4.74 Å². The Kier molecular flexibility index (Phi) is 5.19. The Hall–Kier alpha value is -0.210. The highest BCUT2D eigenvalue weighted by atomic mass is 32.2. The number of nitrogens with zero attached hydrogens (tertiary/aromatic N) is 1. The van der Waals surface area contributed by atoms with Crippen molar-refractivity contribution < 1.29 is 13.2 Å². The molecule has 112 valence electrons. The highest BCUT2D eigenvalue weighted by Crippen LogP contribution is 2.34. The lowest BCUT2D eigenvalue weighted by Gasteiger charge is -2.24. The summed E-state index contributed by atoms with van der Waals surface area (Å²) in [4.78, 5) is 0. The van der Waals surface area contributed by atoms with E-state index in [1.54, 1.807) is 7.05 Å². The van der Waals surface area contributed by atoms with Crippen LogP contribution in [0.4, 0.5) is 0 Å². The topological polar surface area (TPSA) is 70.7 Å². The molecule has 0 aromatic rings. The predicted molar refractivity (Wildman–Crippen MR) is 74.1 cm³/mol. The van der Waals surface area contributed by atoms with E-state index in [1.807, 2.05) is 6.92 Å². The van der Waals surface area contributed by atoms with Crippen LogP contribution in [0.3, 0.4) is 0 Å². The van der Waals surface area contributed by atoms with Crippen molar-refractivity contribution in [3.8, 4) is 0 Å². The molecule has 2 heterocycles. The monoisotopic (exact) mass is 291 g/mol. The minimum absolute atomic E-state index is 0.0417. The molecule has 19 heavy (non-hydrogen) atoms. The fourth-order valence-electron chi connectivity index (χ4n) is 2.77. The summed E-state index contributed by atoms with van der Waals surface area (Å²) in [5.74, 6) is 0. The van der Waals surface area contributed by atoms with Crippen molar-refractivity contribution in [2.24, 2.45) is 0 Å². The molecule has 3 atom stereocenters. The van der Waals surface area contributed by atoms with Gasteiger partial charge in [0.05, 0.1) is 18.2 Å². The first-order valence-corrected chi connectivity index (χ1v) is 8.56. The summed E-state index contributed by atoms with van der Waals surface area (Å²) >= 11 is 0. The van der Waals surface area contributed by atoms with Gasteiger partial charge in [-0.05, 0) is 38.8 Å². The summed E-state index contributed by atoms with van der Waals surface area (Å²) in [6.45, 7) is 4.33. The van der Waals surface area contributed by atoms with Crippen LogP contribution in [0.1, 0.15) is 32.6 Å². The number of hydrogen-bond donors (Lipinski definition) is 2. The largest absolute Gasteiger partial charge is 0.373 e. The maximum Gasteiger partial charge on any atom is 0.279 e. The van der Waals surface area contributed by atoms with Crippen LogP contribution in [0.5, 0.6) is 0 Å². The van der Waals surface area contributed by atoms with Crippen LogP contribution >= 0.6 is 0 Å². The van der Waals surface area contributed by atoms with Gasteiger partial charge in [-0.15, -0.1) is 0 Å². The first-order valence-electron chi connectivity index (χ1n) is 7.12. The Morgan fingerprint density at radius 2 is 2.16 bits per heavy atom. The van der Waals surface area contributed by atoms with Crippen molar-refractivity contribution >= 4 is 10.2 Å². The molecule has 2 fully saturated rings. The van der Waals surface area contributed by atoms with Crippen LogP contribution in [0.15, 0.2) is 0 Å². The Morgan fingerprint density at radius 3 is 2.74 bits per heavy atom. The Labute approximate surface area is 116 Å². The smallest absolute Gasteiger partial charge is 0.279 e. The van der Waals surface area contributed by atoms with Crippen LogP contribution in [0.2, 0.25) is 0 Å². The molecule has 0 amide bonds. The molecular weight excluding hydrogens is 266 g/mol. The lowest BCUT2D eigenvalue weighted by molar-refractivity contribution is 0.0994.